The SMILES string of the molecule is CCCC(=N)CCCCCCC(C(=O)O)C(C(=O)O)P(=O)(O)O. The molecule has 5 N–H and O–H groups in total. The maximum absolute atomic E-state index is 11.2. The van der Waals surface area contributed by atoms with E-state index in [1.807, 2.05) is 6.92 Å². The molecule has 23 heavy (non-hydrogen) atoms. The first-order valence-corrected chi connectivity index (χ1v) is 9.36. The van der Waals surface area contributed by atoms with Gasteiger partial charge in [-0.05, 0) is 25.7 Å². The Bertz CT molecular complexity index is 460. The molecule has 0 saturated heterocycles. The number of rotatable bonds is 13. The largest absolute Gasteiger partial charge is 0.481 e. The van der Waals surface area contributed by atoms with Gasteiger partial charge in [0.05, 0.1) is 5.92 Å². The van der Waals surface area contributed by atoms with Crippen LogP contribution in [0.25, 0.3) is 0 Å². The number of hydrogen-bond acceptors (Lipinski definition) is 4. The molecule has 0 spiro atoms. The smallest absolute Gasteiger partial charge is 0.340 e. The van der Waals surface area contributed by atoms with Crippen LogP contribution in [0.1, 0.15) is 58.3 Å². The minimum absolute atomic E-state index is 0.0934. The van der Waals surface area contributed by atoms with Gasteiger partial charge in [0.1, 0.15) is 0 Å². The fraction of sp³-hybridized carbons (Fsp3) is 0.786. The number of carboxylic acid groups (broad SMARTS) is 2. The average molecular weight is 351 g/mol. The molecule has 9 heteroatoms. The lowest BCUT2D eigenvalue weighted by atomic mass is 9.96. The molecule has 2 atom stereocenters. The predicted octanol–water partition coefficient (Wildman–Crippen LogP) is 2.48. The number of unbranched alkanes of at least 4 members (excludes halogenated alkanes) is 3. The molecule has 8 nitrogen and oxygen atoms in total. The Labute approximate surface area is 135 Å². The molecule has 0 radical (unpaired) electrons. The molecular weight excluding hydrogens is 325 g/mol. The van der Waals surface area contributed by atoms with Crippen molar-refractivity contribution >= 4 is 25.2 Å². The number of carbonyl (C=O) groups is 2. The monoisotopic (exact) mass is 351 g/mol. The van der Waals surface area contributed by atoms with Crippen LogP contribution in [0.4, 0.5) is 0 Å². The summed E-state index contributed by atoms with van der Waals surface area (Å²) >= 11 is 0. The van der Waals surface area contributed by atoms with E-state index in [-0.39, 0.29) is 6.42 Å². The molecule has 0 aromatic heterocycles. The van der Waals surface area contributed by atoms with Gasteiger partial charge < -0.3 is 25.4 Å². The Hall–Kier alpha value is -1.24. The van der Waals surface area contributed by atoms with Gasteiger partial charge in [0, 0.05) is 5.71 Å². The lowest BCUT2D eigenvalue weighted by Crippen LogP contribution is -2.34. The van der Waals surface area contributed by atoms with E-state index in [0.717, 1.165) is 25.7 Å². The minimum atomic E-state index is -5.03. The van der Waals surface area contributed by atoms with Crippen LogP contribution in [-0.2, 0) is 14.2 Å². The molecule has 0 aromatic carbocycles. The van der Waals surface area contributed by atoms with Crippen LogP contribution >= 0.6 is 7.60 Å². The van der Waals surface area contributed by atoms with Gasteiger partial charge in [0.15, 0.2) is 5.66 Å². The van der Waals surface area contributed by atoms with Crippen LogP contribution in [0.5, 0.6) is 0 Å². The zero-order valence-corrected chi connectivity index (χ0v) is 14.2. The summed E-state index contributed by atoms with van der Waals surface area (Å²) in [6.45, 7) is 2.00. The molecule has 0 fully saturated rings. The van der Waals surface area contributed by atoms with Crippen LogP contribution in [0.15, 0.2) is 0 Å². The second-order valence-corrected chi connectivity index (χ2v) is 7.36. The van der Waals surface area contributed by atoms with Crippen LogP contribution in [0.2, 0.25) is 0 Å². The standard InChI is InChI=1S/C14H26NO7P/c1-2-7-10(15)8-5-3-4-6-9-11(13(16)17)12(14(18)19)23(20,21)22/h11-12,15H,2-9H2,1H3,(H,16,17)(H,18,19)(H2,20,21,22). The van der Waals surface area contributed by atoms with Gasteiger partial charge in [-0.1, -0.05) is 32.6 Å². The highest BCUT2D eigenvalue weighted by atomic mass is 31.2. The summed E-state index contributed by atoms with van der Waals surface area (Å²) in [5, 5.41) is 25.6. The molecule has 0 aliphatic carbocycles. The summed E-state index contributed by atoms with van der Waals surface area (Å²) in [5.41, 5.74) is -1.53. The molecular formula is C14H26NO7P. The second kappa shape index (κ2) is 10.5. The first-order chi connectivity index (χ1) is 10.6. The zero-order chi connectivity index (χ0) is 18.0. The van der Waals surface area contributed by atoms with Crippen LogP contribution < -0.4 is 0 Å². The third-order valence-corrected chi connectivity index (χ3v) is 4.91. The summed E-state index contributed by atoms with van der Waals surface area (Å²) in [6.07, 6.45) is 4.88. The van der Waals surface area contributed by atoms with Crippen LogP contribution in [0.3, 0.4) is 0 Å². The predicted molar refractivity (Wildman–Crippen MR) is 84.9 cm³/mol. The van der Waals surface area contributed by atoms with Gasteiger partial charge in [-0.15, -0.1) is 0 Å². The topological polar surface area (TPSA) is 156 Å². The van der Waals surface area contributed by atoms with Crippen molar-refractivity contribution in [2.24, 2.45) is 5.92 Å². The van der Waals surface area contributed by atoms with Crippen LogP contribution in [-0.4, -0.2) is 43.3 Å². The van der Waals surface area contributed by atoms with Crippen molar-refractivity contribution in [1.29, 1.82) is 5.41 Å². The summed E-state index contributed by atoms with van der Waals surface area (Å²) in [7, 11) is -5.03. The fourth-order valence-corrected chi connectivity index (χ4v) is 3.48. The molecule has 134 valence electrons. The zero-order valence-electron chi connectivity index (χ0n) is 13.3. The maximum atomic E-state index is 11.2. The lowest BCUT2D eigenvalue weighted by Gasteiger charge is -2.21. The molecule has 2 unspecified atom stereocenters. The summed E-state index contributed by atoms with van der Waals surface area (Å²) < 4.78 is 11.2. The van der Waals surface area contributed by atoms with E-state index < -0.39 is 31.1 Å². The third-order valence-electron chi connectivity index (χ3n) is 3.61. The van der Waals surface area contributed by atoms with E-state index in [1.54, 1.807) is 0 Å². The van der Waals surface area contributed by atoms with Gasteiger partial charge in [-0.3, -0.25) is 14.2 Å². The van der Waals surface area contributed by atoms with Crippen LogP contribution in [0, 0.1) is 11.3 Å². The third kappa shape index (κ3) is 8.83. The van der Waals surface area contributed by atoms with Gasteiger partial charge in [0.2, 0.25) is 0 Å². The molecule has 0 bridgehead atoms. The number of hydrogen-bond donors (Lipinski definition) is 5. The summed E-state index contributed by atoms with van der Waals surface area (Å²) in [6, 6.07) is 0. The highest BCUT2D eigenvalue weighted by molar-refractivity contribution is 7.53. The minimum Gasteiger partial charge on any atom is -0.481 e. The van der Waals surface area contributed by atoms with E-state index in [4.69, 9.17) is 25.4 Å². The highest BCUT2D eigenvalue weighted by Gasteiger charge is 2.45. The molecule has 0 rings (SSSR count). The lowest BCUT2D eigenvalue weighted by molar-refractivity contribution is -0.148. The first kappa shape index (κ1) is 21.8. The Kier molecular flexibility index (Phi) is 9.95. The Morgan fingerprint density at radius 1 is 1.00 bits per heavy atom. The van der Waals surface area contributed by atoms with Crippen molar-refractivity contribution in [1.82, 2.24) is 0 Å². The van der Waals surface area contributed by atoms with Crippen molar-refractivity contribution in [3.05, 3.63) is 0 Å². The summed E-state index contributed by atoms with van der Waals surface area (Å²) in [5.74, 6) is -4.91. The van der Waals surface area contributed by atoms with Gasteiger partial charge >= 0.3 is 19.5 Å². The quantitative estimate of drug-likeness (QED) is 0.194. The van der Waals surface area contributed by atoms with Crippen molar-refractivity contribution in [2.45, 2.75) is 63.9 Å². The number of aliphatic carboxylic acids is 2. The highest BCUT2D eigenvalue weighted by Crippen LogP contribution is 2.46. The maximum Gasteiger partial charge on any atom is 0.340 e. The molecule has 0 amide bonds. The number of carboxylic acids is 2. The number of nitrogens with one attached hydrogen (secondary N) is 1. The summed E-state index contributed by atoms with van der Waals surface area (Å²) in [4.78, 5) is 40.2. The molecule has 0 aliphatic rings. The second-order valence-electron chi connectivity index (χ2n) is 5.62. The fourth-order valence-electron chi connectivity index (χ4n) is 2.45. The van der Waals surface area contributed by atoms with E-state index >= 15 is 0 Å². The van der Waals surface area contributed by atoms with E-state index in [2.05, 4.69) is 0 Å². The Morgan fingerprint density at radius 2 is 1.57 bits per heavy atom. The Balaban J connectivity index is 4.36. The van der Waals surface area contributed by atoms with Gasteiger partial charge in [-0.25, -0.2) is 0 Å². The van der Waals surface area contributed by atoms with Crippen molar-refractivity contribution in [3.63, 3.8) is 0 Å². The van der Waals surface area contributed by atoms with Gasteiger partial charge in [-0.2, -0.15) is 0 Å². The van der Waals surface area contributed by atoms with Gasteiger partial charge in [0.25, 0.3) is 0 Å². The molecule has 0 saturated carbocycles. The van der Waals surface area contributed by atoms with Crippen molar-refractivity contribution in [2.75, 3.05) is 0 Å². The van der Waals surface area contributed by atoms with Crippen molar-refractivity contribution in [3.8, 4) is 0 Å². The van der Waals surface area contributed by atoms with E-state index in [1.165, 1.54) is 0 Å². The van der Waals surface area contributed by atoms with E-state index in [0.29, 0.717) is 25.0 Å². The van der Waals surface area contributed by atoms with Crippen molar-refractivity contribution < 1.29 is 34.2 Å². The average Bonchev–Trinajstić information content (AvgIpc) is 2.39. The Morgan fingerprint density at radius 3 is 2.00 bits per heavy atom. The first-order valence-electron chi connectivity index (χ1n) is 7.68. The molecule has 0 aliphatic heterocycles. The normalized spacial score (nSPS) is 14.2. The molecule has 0 heterocycles. The molecule has 0 aromatic rings. The van der Waals surface area contributed by atoms with E-state index in [9.17, 15) is 14.2 Å².